The van der Waals surface area contributed by atoms with E-state index >= 15 is 0 Å². The average molecular weight is 558 g/mol. The highest BCUT2D eigenvalue weighted by Gasteiger charge is 2.34. The molecule has 41 heavy (non-hydrogen) atoms. The van der Waals surface area contributed by atoms with Crippen molar-refractivity contribution in [3.05, 3.63) is 69.5 Å². The number of hydrogen-bond donors (Lipinski definition) is 4. The number of aromatic nitrogens is 8. The fourth-order valence-corrected chi connectivity index (χ4v) is 6.04. The number of hydrogen-bond acceptors (Lipinski definition) is 10. The molecule has 0 radical (unpaired) electrons. The van der Waals surface area contributed by atoms with E-state index in [0.717, 1.165) is 18.4 Å². The highest BCUT2D eigenvalue weighted by molar-refractivity contribution is 5.86. The lowest BCUT2D eigenvalue weighted by Gasteiger charge is -2.39. The van der Waals surface area contributed by atoms with E-state index in [1.165, 1.54) is 22.0 Å². The Bertz CT molecular complexity index is 1820. The summed E-state index contributed by atoms with van der Waals surface area (Å²) in [5, 5.41) is 11.3. The van der Waals surface area contributed by atoms with Gasteiger partial charge in [0.05, 0.1) is 5.60 Å². The van der Waals surface area contributed by atoms with Crippen LogP contribution >= 0.6 is 0 Å². The van der Waals surface area contributed by atoms with E-state index in [4.69, 9.17) is 5.73 Å². The number of imidazole rings is 2. The molecule has 6 heterocycles. The zero-order chi connectivity index (χ0) is 28.1. The van der Waals surface area contributed by atoms with Crippen LogP contribution in [0.25, 0.3) is 22.3 Å². The number of nitrogens with zero attached hydrogens (tertiary/aromatic N) is 8. The number of aliphatic hydroxyl groups is 1. The Morgan fingerprint density at radius 3 is 1.85 bits per heavy atom. The van der Waals surface area contributed by atoms with Gasteiger partial charge in [0.15, 0.2) is 22.9 Å². The Kier molecular flexibility index (Phi) is 6.08. The Balaban J connectivity index is 1.23. The smallest absolute Gasteiger partial charge is 0.347 e. The Hall–Kier alpha value is -4.56. The minimum atomic E-state index is -0.822. The molecule has 7 rings (SSSR count). The molecule has 4 aromatic heterocycles. The molecule has 2 aliphatic heterocycles. The SMILES string of the molecule is NC1CCN(c2ncnc3c2[nH]c(=O)n3-n2c(=O)[nH]c3c(N4CCC(O)(Cc5ccccc5)CC4)ncnc32)CC1. The first-order chi connectivity index (χ1) is 19.9. The second kappa shape index (κ2) is 9.82. The van der Waals surface area contributed by atoms with Crippen LogP contribution in [0.5, 0.6) is 0 Å². The van der Waals surface area contributed by atoms with E-state index in [9.17, 15) is 14.7 Å². The van der Waals surface area contributed by atoms with Crippen molar-refractivity contribution in [2.45, 2.75) is 43.7 Å². The van der Waals surface area contributed by atoms with Gasteiger partial charge in [0, 0.05) is 38.6 Å². The third-order valence-corrected chi connectivity index (χ3v) is 8.27. The number of benzene rings is 1. The maximum atomic E-state index is 13.3. The average Bonchev–Trinajstić information content (AvgIpc) is 3.48. The van der Waals surface area contributed by atoms with Crippen LogP contribution in [0.1, 0.15) is 31.2 Å². The van der Waals surface area contributed by atoms with E-state index in [1.807, 2.05) is 35.2 Å². The second-order valence-corrected chi connectivity index (χ2v) is 11.0. The van der Waals surface area contributed by atoms with Crippen LogP contribution in [0, 0.1) is 0 Å². The number of nitrogens with one attached hydrogen (secondary N) is 2. The molecular weight excluding hydrogens is 526 g/mol. The van der Waals surface area contributed by atoms with Gasteiger partial charge >= 0.3 is 11.4 Å². The molecule has 0 spiro atoms. The molecule has 2 saturated heterocycles. The molecule has 2 fully saturated rings. The van der Waals surface area contributed by atoms with Gasteiger partial charge in [-0.05, 0) is 31.2 Å². The molecule has 0 atom stereocenters. The van der Waals surface area contributed by atoms with E-state index in [-0.39, 0.29) is 17.3 Å². The van der Waals surface area contributed by atoms with Crippen molar-refractivity contribution in [1.82, 2.24) is 39.3 Å². The van der Waals surface area contributed by atoms with Crippen LogP contribution in [0.15, 0.2) is 52.6 Å². The topological polar surface area (TPSA) is 180 Å². The third kappa shape index (κ3) is 4.44. The van der Waals surface area contributed by atoms with Crippen LogP contribution in [0.4, 0.5) is 11.6 Å². The number of rotatable bonds is 5. The zero-order valence-electron chi connectivity index (χ0n) is 22.4. The summed E-state index contributed by atoms with van der Waals surface area (Å²) >= 11 is 0. The number of aromatic amines is 2. The molecule has 0 amide bonds. The summed E-state index contributed by atoms with van der Waals surface area (Å²) in [7, 11) is 0. The fourth-order valence-electron chi connectivity index (χ4n) is 6.04. The first-order valence-corrected chi connectivity index (χ1v) is 13.8. The van der Waals surface area contributed by atoms with Gasteiger partial charge in [0.2, 0.25) is 0 Å². The molecule has 5 aromatic rings. The van der Waals surface area contributed by atoms with Crippen molar-refractivity contribution in [3.8, 4) is 0 Å². The zero-order valence-corrected chi connectivity index (χ0v) is 22.4. The minimum Gasteiger partial charge on any atom is -0.389 e. The van der Waals surface area contributed by atoms with Crippen molar-refractivity contribution in [2.75, 3.05) is 36.0 Å². The molecule has 5 N–H and O–H groups in total. The normalized spacial score (nSPS) is 18.0. The number of piperidine rings is 2. The predicted octanol–water partition coefficient (Wildman–Crippen LogP) is 0.366. The molecule has 0 saturated carbocycles. The summed E-state index contributed by atoms with van der Waals surface area (Å²) in [5.41, 5.74) is 6.61. The first-order valence-electron chi connectivity index (χ1n) is 13.8. The van der Waals surface area contributed by atoms with Crippen LogP contribution in [0.3, 0.4) is 0 Å². The van der Waals surface area contributed by atoms with E-state index in [0.29, 0.717) is 68.1 Å². The summed E-state index contributed by atoms with van der Waals surface area (Å²) in [6, 6.07) is 10.1. The van der Waals surface area contributed by atoms with Crippen LogP contribution < -0.4 is 26.9 Å². The molecule has 1 aromatic carbocycles. The van der Waals surface area contributed by atoms with Crippen molar-refractivity contribution in [1.29, 1.82) is 0 Å². The highest BCUT2D eigenvalue weighted by atomic mass is 16.3. The van der Waals surface area contributed by atoms with Gasteiger partial charge in [-0.1, -0.05) is 30.3 Å². The number of nitrogens with two attached hydrogens (primary N) is 1. The van der Waals surface area contributed by atoms with Crippen LogP contribution in [0.2, 0.25) is 0 Å². The Morgan fingerprint density at radius 2 is 1.32 bits per heavy atom. The van der Waals surface area contributed by atoms with Gasteiger partial charge < -0.3 is 20.6 Å². The maximum Gasteiger partial charge on any atom is 0.347 e. The van der Waals surface area contributed by atoms with Crippen molar-refractivity contribution >= 4 is 34.0 Å². The largest absolute Gasteiger partial charge is 0.389 e. The number of fused-ring (bicyclic) bond motifs is 2. The van der Waals surface area contributed by atoms with Gasteiger partial charge in [0.25, 0.3) is 0 Å². The summed E-state index contributed by atoms with van der Waals surface area (Å²) < 4.78 is 2.36. The van der Waals surface area contributed by atoms with E-state index in [1.54, 1.807) is 0 Å². The summed E-state index contributed by atoms with van der Waals surface area (Å²) in [6.45, 7) is 2.51. The van der Waals surface area contributed by atoms with E-state index < -0.39 is 17.0 Å². The van der Waals surface area contributed by atoms with Crippen molar-refractivity contribution in [3.63, 3.8) is 0 Å². The standard InChI is InChI=1S/C27H31N11O3/c28-18-6-10-35(11-7-18)21-19-23(31-15-29-21)37(25(39)33-19)38-24-20(34-26(38)40)22(30-16-32-24)36-12-8-27(41,9-13-36)14-17-4-2-1-3-5-17/h1-5,15-16,18,41H,6-14,28H2,(H,33,39)(H,34,40). The minimum absolute atomic E-state index is 0.142. The molecule has 14 heteroatoms. The molecule has 0 bridgehead atoms. The lowest BCUT2D eigenvalue weighted by molar-refractivity contribution is 0.0164. The van der Waals surface area contributed by atoms with Crippen LogP contribution in [-0.2, 0) is 6.42 Å². The van der Waals surface area contributed by atoms with Gasteiger partial charge in [-0.2, -0.15) is 9.35 Å². The van der Waals surface area contributed by atoms with Crippen molar-refractivity contribution < 1.29 is 5.11 Å². The summed E-state index contributed by atoms with van der Waals surface area (Å²) in [5.74, 6) is 1.14. The lowest BCUT2D eigenvalue weighted by atomic mass is 9.85. The van der Waals surface area contributed by atoms with Crippen molar-refractivity contribution in [2.24, 2.45) is 5.73 Å². The Labute approximate surface area is 233 Å². The molecule has 14 nitrogen and oxygen atoms in total. The van der Waals surface area contributed by atoms with Gasteiger partial charge in [0.1, 0.15) is 23.7 Å². The summed E-state index contributed by atoms with van der Waals surface area (Å²) in [4.78, 5) is 54.0. The van der Waals surface area contributed by atoms with Gasteiger partial charge in [-0.3, -0.25) is 9.97 Å². The molecule has 212 valence electrons. The Morgan fingerprint density at radius 1 is 0.805 bits per heavy atom. The lowest BCUT2D eigenvalue weighted by Crippen LogP contribution is -2.46. The molecule has 0 unspecified atom stereocenters. The highest BCUT2D eigenvalue weighted by Crippen LogP contribution is 2.31. The second-order valence-electron chi connectivity index (χ2n) is 11.0. The molecule has 0 aliphatic carbocycles. The van der Waals surface area contributed by atoms with E-state index in [2.05, 4.69) is 34.8 Å². The van der Waals surface area contributed by atoms with Crippen LogP contribution in [-0.4, -0.2) is 82.2 Å². The fraction of sp³-hybridized carbons (Fsp3) is 0.407. The van der Waals surface area contributed by atoms with Gasteiger partial charge in [-0.25, -0.2) is 29.5 Å². The van der Waals surface area contributed by atoms with Gasteiger partial charge in [-0.15, -0.1) is 0 Å². The first kappa shape index (κ1) is 25.4. The molecular formula is C27H31N11O3. The maximum absolute atomic E-state index is 13.3. The molecule has 2 aliphatic rings. The third-order valence-electron chi connectivity index (χ3n) is 8.27. The summed E-state index contributed by atoms with van der Waals surface area (Å²) in [6.07, 6.45) is 6.06. The monoisotopic (exact) mass is 557 g/mol. The number of anilines is 2. The predicted molar refractivity (Wildman–Crippen MR) is 153 cm³/mol. The number of H-pyrrole nitrogens is 2. The quantitative estimate of drug-likeness (QED) is 0.236.